The summed E-state index contributed by atoms with van der Waals surface area (Å²) in [5.74, 6) is -0.250. The molecule has 0 heterocycles. The number of aryl methyl sites for hydroxylation is 1. The number of rotatable bonds is 5. The van der Waals surface area contributed by atoms with Crippen LogP contribution in [0.1, 0.15) is 27.9 Å². The number of alkyl halides is 2. The number of carbonyl (C=O) groups excluding carboxylic acids is 1. The van der Waals surface area contributed by atoms with Crippen molar-refractivity contribution < 1.29 is 9.53 Å². The van der Waals surface area contributed by atoms with Crippen molar-refractivity contribution in [3.05, 3.63) is 34.9 Å². The summed E-state index contributed by atoms with van der Waals surface area (Å²) < 4.78 is 4.83. The van der Waals surface area contributed by atoms with E-state index in [1.807, 2.05) is 18.2 Å². The van der Waals surface area contributed by atoms with E-state index in [1.54, 1.807) is 0 Å². The largest absolute Gasteiger partial charge is 0.465 e. The van der Waals surface area contributed by atoms with E-state index in [4.69, 9.17) is 4.74 Å². The van der Waals surface area contributed by atoms with Crippen LogP contribution in [0.2, 0.25) is 0 Å². The first kappa shape index (κ1) is 13.7. The van der Waals surface area contributed by atoms with Crippen LogP contribution in [0.4, 0.5) is 0 Å². The maximum absolute atomic E-state index is 11.7. The Morgan fingerprint density at radius 2 is 2.00 bits per heavy atom. The first-order valence-electron chi connectivity index (χ1n) is 5.05. The highest BCUT2D eigenvalue weighted by molar-refractivity contribution is 9.09. The molecule has 0 saturated heterocycles. The van der Waals surface area contributed by atoms with E-state index < -0.39 is 0 Å². The molecule has 0 aliphatic heterocycles. The van der Waals surface area contributed by atoms with Gasteiger partial charge in [0.05, 0.1) is 12.7 Å². The Labute approximate surface area is 113 Å². The third-order valence-corrected chi connectivity index (χ3v) is 3.52. The average Bonchev–Trinajstić information content (AvgIpc) is 2.34. The Bertz CT molecular complexity index is 364. The first-order valence-corrected chi connectivity index (χ1v) is 7.30. The molecule has 16 heavy (non-hydrogen) atoms. The van der Waals surface area contributed by atoms with E-state index in [0.717, 1.165) is 29.3 Å². The summed E-state index contributed by atoms with van der Waals surface area (Å²) in [6.45, 7) is 0. The van der Waals surface area contributed by atoms with Gasteiger partial charge in [0.2, 0.25) is 0 Å². The lowest BCUT2D eigenvalue weighted by Crippen LogP contribution is -2.09. The van der Waals surface area contributed by atoms with Crippen LogP contribution in [0.15, 0.2) is 18.2 Å². The fourth-order valence-corrected chi connectivity index (χ4v) is 2.34. The normalized spacial score (nSPS) is 10.2. The molecular formula is C12H14Br2O2. The van der Waals surface area contributed by atoms with E-state index in [0.29, 0.717) is 10.9 Å². The number of halogens is 2. The molecule has 0 bridgehead atoms. The molecule has 88 valence electrons. The molecule has 0 spiro atoms. The maximum atomic E-state index is 11.7. The summed E-state index contributed by atoms with van der Waals surface area (Å²) >= 11 is 6.79. The Balaban J connectivity index is 3.10. The fraction of sp³-hybridized carbons (Fsp3) is 0.417. The lowest BCUT2D eigenvalue weighted by atomic mass is 9.99. The molecular weight excluding hydrogens is 336 g/mol. The highest BCUT2D eigenvalue weighted by Crippen LogP contribution is 2.20. The van der Waals surface area contributed by atoms with Gasteiger partial charge in [-0.25, -0.2) is 4.79 Å². The van der Waals surface area contributed by atoms with Gasteiger partial charge in [-0.2, -0.15) is 0 Å². The van der Waals surface area contributed by atoms with E-state index in [1.165, 1.54) is 7.11 Å². The molecule has 0 unspecified atom stereocenters. The Hall–Kier alpha value is -0.350. The minimum Gasteiger partial charge on any atom is -0.465 e. The van der Waals surface area contributed by atoms with E-state index >= 15 is 0 Å². The molecule has 0 amide bonds. The molecule has 2 nitrogen and oxygen atoms in total. The van der Waals surface area contributed by atoms with Gasteiger partial charge in [0.15, 0.2) is 0 Å². The van der Waals surface area contributed by atoms with Gasteiger partial charge in [-0.05, 0) is 24.0 Å². The third kappa shape index (κ3) is 3.32. The van der Waals surface area contributed by atoms with Crippen LogP contribution in [0.25, 0.3) is 0 Å². The van der Waals surface area contributed by atoms with Gasteiger partial charge in [0.1, 0.15) is 0 Å². The zero-order valence-corrected chi connectivity index (χ0v) is 12.3. The van der Waals surface area contributed by atoms with Crippen molar-refractivity contribution in [1.82, 2.24) is 0 Å². The number of hydrogen-bond donors (Lipinski definition) is 0. The van der Waals surface area contributed by atoms with Crippen LogP contribution in [-0.2, 0) is 16.5 Å². The van der Waals surface area contributed by atoms with Crippen molar-refractivity contribution >= 4 is 37.8 Å². The van der Waals surface area contributed by atoms with Gasteiger partial charge < -0.3 is 4.74 Å². The first-order chi connectivity index (χ1) is 7.74. The Morgan fingerprint density at radius 3 is 2.56 bits per heavy atom. The standard InChI is InChI=1S/C12H14Br2O2/c1-16-12(15)11-9(6-3-7-13)4-2-5-10(11)8-14/h2,4-5H,3,6-8H2,1H3. The van der Waals surface area contributed by atoms with Gasteiger partial charge in [0.25, 0.3) is 0 Å². The summed E-state index contributed by atoms with van der Waals surface area (Å²) in [5, 5.41) is 1.60. The van der Waals surface area contributed by atoms with Crippen molar-refractivity contribution in [2.75, 3.05) is 12.4 Å². The van der Waals surface area contributed by atoms with Gasteiger partial charge >= 0.3 is 5.97 Å². The molecule has 0 aliphatic rings. The molecule has 0 saturated carbocycles. The van der Waals surface area contributed by atoms with E-state index in [-0.39, 0.29) is 5.97 Å². The van der Waals surface area contributed by atoms with Crippen molar-refractivity contribution in [3.8, 4) is 0 Å². The highest BCUT2D eigenvalue weighted by atomic mass is 79.9. The molecule has 1 aromatic carbocycles. The zero-order chi connectivity index (χ0) is 12.0. The molecule has 0 aliphatic carbocycles. The van der Waals surface area contributed by atoms with Crippen LogP contribution in [-0.4, -0.2) is 18.4 Å². The Morgan fingerprint density at radius 1 is 1.31 bits per heavy atom. The number of carbonyl (C=O) groups is 1. The van der Waals surface area contributed by atoms with Crippen LogP contribution in [0.5, 0.6) is 0 Å². The number of esters is 1. The number of ether oxygens (including phenoxy) is 1. The molecule has 1 aromatic rings. The van der Waals surface area contributed by atoms with Gasteiger partial charge in [-0.15, -0.1) is 0 Å². The maximum Gasteiger partial charge on any atom is 0.338 e. The third-order valence-electron chi connectivity index (χ3n) is 2.35. The second-order valence-corrected chi connectivity index (χ2v) is 4.72. The van der Waals surface area contributed by atoms with E-state index in [9.17, 15) is 4.79 Å². The molecule has 0 fully saturated rings. The van der Waals surface area contributed by atoms with Crippen molar-refractivity contribution in [2.45, 2.75) is 18.2 Å². The quantitative estimate of drug-likeness (QED) is 0.598. The summed E-state index contributed by atoms with van der Waals surface area (Å²) in [4.78, 5) is 11.7. The predicted molar refractivity (Wildman–Crippen MR) is 72.5 cm³/mol. The number of benzene rings is 1. The minimum absolute atomic E-state index is 0.250. The monoisotopic (exact) mass is 348 g/mol. The Kier molecular flexibility index (Phi) is 6.06. The number of methoxy groups -OCH3 is 1. The zero-order valence-electron chi connectivity index (χ0n) is 9.13. The van der Waals surface area contributed by atoms with Gasteiger partial charge in [-0.3, -0.25) is 0 Å². The molecule has 0 aromatic heterocycles. The smallest absolute Gasteiger partial charge is 0.338 e. The van der Waals surface area contributed by atoms with Crippen molar-refractivity contribution in [1.29, 1.82) is 0 Å². The van der Waals surface area contributed by atoms with Crippen LogP contribution in [0, 0.1) is 0 Å². The summed E-state index contributed by atoms with van der Waals surface area (Å²) in [5.41, 5.74) is 2.75. The lowest BCUT2D eigenvalue weighted by molar-refractivity contribution is 0.0598. The topological polar surface area (TPSA) is 26.3 Å². The van der Waals surface area contributed by atoms with Crippen molar-refractivity contribution in [2.24, 2.45) is 0 Å². The van der Waals surface area contributed by atoms with Gasteiger partial charge in [0, 0.05) is 10.7 Å². The summed E-state index contributed by atoms with van der Waals surface area (Å²) in [7, 11) is 1.42. The fourth-order valence-electron chi connectivity index (χ4n) is 1.59. The van der Waals surface area contributed by atoms with Crippen LogP contribution in [0.3, 0.4) is 0 Å². The molecule has 0 atom stereocenters. The predicted octanol–water partition coefficient (Wildman–Crippen LogP) is 3.70. The van der Waals surface area contributed by atoms with Crippen LogP contribution < -0.4 is 0 Å². The molecule has 0 N–H and O–H groups in total. The second-order valence-electron chi connectivity index (χ2n) is 3.37. The highest BCUT2D eigenvalue weighted by Gasteiger charge is 2.15. The summed E-state index contributed by atoms with van der Waals surface area (Å²) in [6, 6.07) is 5.91. The SMILES string of the molecule is COC(=O)c1c(CBr)cccc1CCCBr. The van der Waals surface area contributed by atoms with Crippen molar-refractivity contribution in [3.63, 3.8) is 0 Å². The molecule has 4 heteroatoms. The van der Waals surface area contributed by atoms with Crippen LogP contribution >= 0.6 is 31.9 Å². The number of hydrogen-bond acceptors (Lipinski definition) is 2. The van der Waals surface area contributed by atoms with Gasteiger partial charge in [-0.1, -0.05) is 50.1 Å². The second kappa shape index (κ2) is 7.07. The summed E-state index contributed by atoms with van der Waals surface area (Å²) in [6.07, 6.45) is 1.90. The average molecular weight is 350 g/mol. The lowest BCUT2D eigenvalue weighted by Gasteiger charge is -2.11. The van der Waals surface area contributed by atoms with E-state index in [2.05, 4.69) is 31.9 Å². The minimum atomic E-state index is -0.250. The molecule has 0 radical (unpaired) electrons. The molecule has 1 rings (SSSR count).